The van der Waals surface area contributed by atoms with Crippen molar-refractivity contribution in [1.29, 1.82) is 0 Å². The van der Waals surface area contributed by atoms with E-state index in [0.29, 0.717) is 6.61 Å². The zero-order valence-electron chi connectivity index (χ0n) is 7.41. The fourth-order valence-corrected chi connectivity index (χ4v) is 1.27. The first kappa shape index (κ1) is 9.48. The van der Waals surface area contributed by atoms with Crippen LogP contribution < -0.4 is 0 Å². The molecule has 1 heterocycles. The van der Waals surface area contributed by atoms with E-state index in [-0.39, 0.29) is 18.2 Å². The summed E-state index contributed by atoms with van der Waals surface area (Å²) >= 11 is 0. The molecule has 0 aromatic carbocycles. The lowest BCUT2D eigenvalue weighted by Crippen LogP contribution is -2.32. The number of hydrogen-bond acceptors (Lipinski definition) is 4. The Balaban J connectivity index is 2.30. The van der Waals surface area contributed by atoms with Crippen LogP contribution in [0.25, 0.3) is 0 Å². The smallest absolute Gasteiger partial charge is 0.311 e. The van der Waals surface area contributed by atoms with Gasteiger partial charge in [-0.15, -0.1) is 0 Å². The second-order valence-electron chi connectivity index (χ2n) is 2.80. The van der Waals surface area contributed by atoms with E-state index in [4.69, 9.17) is 9.47 Å². The molecular formula is C8H14O4. The van der Waals surface area contributed by atoms with Crippen molar-refractivity contribution >= 4 is 5.97 Å². The second-order valence-corrected chi connectivity index (χ2v) is 2.80. The Bertz CT molecular complexity index is 149. The maximum absolute atomic E-state index is 11.0. The molecule has 4 nitrogen and oxygen atoms in total. The quantitative estimate of drug-likeness (QED) is 0.574. The number of methoxy groups -OCH3 is 2. The van der Waals surface area contributed by atoms with E-state index in [9.17, 15) is 4.79 Å². The number of carbonyl (C=O) groups excluding carboxylic acids is 1. The van der Waals surface area contributed by atoms with Gasteiger partial charge in [0.05, 0.1) is 19.6 Å². The van der Waals surface area contributed by atoms with Crippen molar-refractivity contribution in [2.45, 2.75) is 19.1 Å². The molecule has 0 aromatic heterocycles. The SMILES string of the molecule is COC(=O)C1CCC(OC)OC1. The molecule has 0 radical (unpaired) electrons. The van der Waals surface area contributed by atoms with Crippen molar-refractivity contribution in [3.63, 3.8) is 0 Å². The van der Waals surface area contributed by atoms with Gasteiger partial charge in [-0.3, -0.25) is 4.79 Å². The standard InChI is InChI=1S/C8H14O4/c1-10-7-4-3-6(5-12-7)8(9)11-2/h6-7H,3-5H2,1-2H3. The van der Waals surface area contributed by atoms with Crippen molar-refractivity contribution in [2.24, 2.45) is 5.92 Å². The van der Waals surface area contributed by atoms with Crippen LogP contribution in [-0.4, -0.2) is 33.1 Å². The molecule has 2 atom stereocenters. The predicted octanol–water partition coefficient (Wildman–Crippen LogP) is 0.558. The highest BCUT2D eigenvalue weighted by atomic mass is 16.7. The topological polar surface area (TPSA) is 44.8 Å². The molecule has 0 N–H and O–H groups in total. The van der Waals surface area contributed by atoms with E-state index >= 15 is 0 Å². The molecule has 1 rings (SSSR count). The van der Waals surface area contributed by atoms with Gasteiger partial charge in [0.15, 0.2) is 6.29 Å². The summed E-state index contributed by atoms with van der Waals surface area (Å²) in [6, 6.07) is 0. The number of carbonyl (C=O) groups is 1. The van der Waals surface area contributed by atoms with Crippen LogP contribution in [0.5, 0.6) is 0 Å². The third kappa shape index (κ3) is 2.19. The van der Waals surface area contributed by atoms with Crippen LogP contribution in [0, 0.1) is 5.92 Å². The maximum Gasteiger partial charge on any atom is 0.311 e. The minimum atomic E-state index is -0.190. The molecular weight excluding hydrogens is 160 g/mol. The van der Waals surface area contributed by atoms with Gasteiger partial charge in [-0.25, -0.2) is 0 Å². The zero-order chi connectivity index (χ0) is 8.97. The molecule has 0 aliphatic carbocycles. The molecule has 0 amide bonds. The summed E-state index contributed by atoms with van der Waals surface area (Å²) in [7, 11) is 2.99. The molecule has 1 saturated heterocycles. The van der Waals surface area contributed by atoms with E-state index in [1.807, 2.05) is 0 Å². The lowest BCUT2D eigenvalue weighted by Gasteiger charge is -2.26. The van der Waals surface area contributed by atoms with E-state index in [0.717, 1.165) is 12.8 Å². The summed E-state index contributed by atoms with van der Waals surface area (Å²) in [5.74, 6) is -0.300. The molecule has 0 spiro atoms. The number of esters is 1. The fourth-order valence-electron chi connectivity index (χ4n) is 1.27. The predicted molar refractivity (Wildman–Crippen MR) is 41.5 cm³/mol. The minimum absolute atomic E-state index is 0.110. The summed E-state index contributed by atoms with van der Waals surface area (Å²) < 4.78 is 14.8. The minimum Gasteiger partial charge on any atom is -0.469 e. The Kier molecular flexibility index (Phi) is 3.49. The van der Waals surface area contributed by atoms with Crippen LogP contribution in [0.15, 0.2) is 0 Å². The molecule has 2 unspecified atom stereocenters. The molecule has 1 aliphatic heterocycles. The first-order valence-corrected chi connectivity index (χ1v) is 4.00. The summed E-state index contributed by atoms with van der Waals surface area (Å²) in [5.41, 5.74) is 0. The van der Waals surface area contributed by atoms with Crippen molar-refractivity contribution < 1.29 is 19.0 Å². The highest BCUT2D eigenvalue weighted by molar-refractivity contribution is 5.72. The Morgan fingerprint density at radius 2 is 2.17 bits per heavy atom. The zero-order valence-corrected chi connectivity index (χ0v) is 7.41. The summed E-state index contributed by atoms with van der Waals surface area (Å²) in [6.07, 6.45) is 1.40. The van der Waals surface area contributed by atoms with Gasteiger partial charge in [-0.2, -0.15) is 0 Å². The molecule has 0 bridgehead atoms. The molecule has 70 valence electrons. The summed E-state index contributed by atoms with van der Waals surface area (Å²) in [6.45, 7) is 0.408. The maximum atomic E-state index is 11.0. The van der Waals surface area contributed by atoms with Crippen molar-refractivity contribution in [3.8, 4) is 0 Å². The summed E-state index contributed by atoms with van der Waals surface area (Å²) in [5, 5.41) is 0. The number of rotatable bonds is 2. The molecule has 0 aromatic rings. The van der Waals surface area contributed by atoms with Crippen molar-refractivity contribution in [3.05, 3.63) is 0 Å². The Morgan fingerprint density at radius 3 is 2.58 bits per heavy atom. The van der Waals surface area contributed by atoms with Crippen molar-refractivity contribution in [2.75, 3.05) is 20.8 Å². The fraction of sp³-hybridized carbons (Fsp3) is 0.875. The van der Waals surface area contributed by atoms with Gasteiger partial charge in [0, 0.05) is 7.11 Å². The van der Waals surface area contributed by atoms with E-state index in [1.165, 1.54) is 7.11 Å². The third-order valence-corrected chi connectivity index (χ3v) is 2.03. The first-order valence-electron chi connectivity index (χ1n) is 4.00. The average molecular weight is 174 g/mol. The normalized spacial score (nSPS) is 29.8. The van der Waals surface area contributed by atoms with Crippen LogP contribution >= 0.6 is 0 Å². The van der Waals surface area contributed by atoms with Crippen LogP contribution in [0.3, 0.4) is 0 Å². The van der Waals surface area contributed by atoms with Crippen LogP contribution in [0.2, 0.25) is 0 Å². The van der Waals surface area contributed by atoms with Crippen molar-refractivity contribution in [1.82, 2.24) is 0 Å². The van der Waals surface area contributed by atoms with Crippen LogP contribution in [0.1, 0.15) is 12.8 Å². The molecule has 12 heavy (non-hydrogen) atoms. The van der Waals surface area contributed by atoms with E-state index < -0.39 is 0 Å². The molecule has 1 aliphatic rings. The van der Waals surface area contributed by atoms with Crippen LogP contribution in [0.4, 0.5) is 0 Å². The Morgan fingerprint density at radius 1 is 1.42 bits per heavy atom. The monoisotopic (exact) mass is 174 g/mol. The van der Waals surface area contributed by atoms with Gasteiger partial charge < -0.3 is 14.2 Å². The van der Waals surface area contributed by atoms with Gasteiger partial charge in [0.1, 0.15) is 0 Å². The molecule has 1 fully saturated rings. The Hall–Kier alpha value is -0.610. The van der Waals surface area contributed by atoms with Gasteiger partial charge in [-0.05, 0) is 12.8 Å². The van der Waals surface area contributed by atoms with Gasteiger partial charge >= 0.3 is 5.97 Å². The number of hydrogen-bond donors (Lipinski definition) is 0. The largest absolute Gasteiger partial charge is 0.469 e. The van der Waals surface area contributed by atoms with E-state index in [2.05, 4.69) is 4.74 Å². The Labute approximate surface area is 71.8 Å². The lowest BCUT2D eigenvalue weighted by molar-refractivity contribution is -0.176. The number of ether oxygens (including phenoxy) is 3. The second kappa shape index (κ2) is 4.42. The average Bonchev–Trinajstić information content (AvgIpc) is 2.17. The third-order valence-electron chi connectivity index (χ3n) is 2.03. The van der Waals surface area contributed by atoms with Gasteiger partial charge in [-0.1, -0.05) is 0 Å². The van der Waals surface area contributed by atoms with E-state index in [1.54, 1.807) is 7.11 Å². The molecule has 0 saturated carbocycles. The molecule has 4 heteroatoms. The highest BCUT2D eigenvalue weighted by Gasteiger charge is 2.27. The van der Waals surface area contributed by atoms with Crippen LogP contribution in [-0.2, 0) is 19.0 Å². The summed E-state index contributed by atoms with van der Waals surface area (Å²) in [4.78, 5) is 11.0. The van der Waals surface area contributed by atoms with Gasteiger partial charge in [0.25, 0.3) is 0 Å². The first-order chi connectivity index (χ1) is 5.77. The highest BCUT2D eigenvalue weighted by Crippen LogP contribution is 2.19. The lowest BCUT2D eigenvalue weighted by atomic mass is 10.0. The van der Waals surface area contributed by atoms with Gasteiger partial charge in [0.2, 0.25) is 0 Å².